The van der Waals surface area contributed by atoms with Crippen LogP contribution in [0.1, 0.15) is 23.2 Å². The van der Waals surface area contributed by atoms with Gasteiger partial charge in [-0.25, -0.2) is 0 Å². The Bertz CT molecular complexity index is 1310. The summed E-state index contributed by atoms with van der Waals surface area (Å²) in [5.41, 5.74) is 2.45. The fraction of sp³-hybridized carbons (Fsp3) is 0.222. The zero-order chi connectivity index (χ0) is 24.7. The van der Waals surface area contributed by atoms with Gasteiger partial charge in [0.2, 0.25) is 5.91 Å². The van der Waals surface area contributed by atoms with E-state index in [2.05, 4.69) is 20.5 Å². The Kier molecular flexibility index (Phi) is 7.37. The molecule has 1 aliphatic rings. The van der Waals surface area contributed by atoms with Gasteiger partial charge in [-0.2, -0.15) is 0 Å². The van der Waals surface area contributed by atoms with E-state index in [0.717, 1.165) is 29.9 Å². The molecule has 3 heterocycles. The van der Waals surface area contributed by atoms with Crippen LogP contribution in [0, 0.1) is 0 Å². The number of aromatic nitrogens is 4. The van der Waals surface area contributed by atoms with Crippen molar-refractivity contribution in [1.29, 1.82) is 0 Å². The largest absolute Gasteiger partial charge is 0.349 e. The van der Waals surface area contributed by atoms with Gasteiger partial charge in [0.05, 0.1) is 11.3 Å². The predicted octanol–water partition coefficient (Wildman–Crippen LogP) is 3.84. The molecule has 1 N–H and O–H groups in total. The molecule has 1 saturated heterocycles. The van der Waals surface area contributed by atoms with Crippen LogP contribution in [0.5, 0.6) is 0 Å². The lowest BCUT2D eigenvalue weighted by molar-refractivity contribution is -0.129. The Balaban J connectivity index is 1.21. The van der Waals surface area contributed by atoms with Crippen LogP contribution in [0.2, 0.25) is 0 Å². The number of thioether (sulfide) groups is 1. The molecule has 0 unspecified atom stereocenters. The van der Waals surface area contributed by atoms with Crippen molar-refractivity contribution in [2.24, 2.45) is 0 Å². The Hall–Kier alpha value is -3.98. The minimum Gasteiger partial charge on any atom is -0.349 e. The summed E-state index contributed by atoms with van der Waals surface area (Å²) >= 11 is 1.39. The van der Waals surface area contributed by atoms with Gasteiger partial charge in [0.25, 0.3) is 5.91 Å². The highest BCUT2D eigenvalue weighted by Gasteiger charge is 2.25. The first kappa shape index (κ1) is 23.7. The molecular formula is C27H26N6O2S. The lowest BCUT2D eigenvalue weighted by Crippen LogP contribution is -2.47. The minimum absolute atomic E-state index is 0.0454. The van der Waals surface area contributed by atoms with Crippen LogP contribution in [0.3, 0.4) is 0 Å². The molecule has 36 heavy (non-hydrogen) atoms. The van der Waals surface area contributed by atoms with E-state index in [1.807, 2.05) is 70.1 Å². The molecule has 4 aromatic rings. The second-order valence-electron chi connectivity index (χ2n) is 8.50. The van der Waals surface area contributed by atoms with Crippen molar-refractivity contribution in [2.45, 2.75) is 24.0 Å². The smallest absolute Gasteiger partial charge is 0.253 e. The van der Waals surface area contributed by atoms with Crippen LogP contribution in [-0.4, -0.2) is 61.3 Å². The van der Waals surface area contributed by atoms with Crippen LogP contribution in [0.4, 0.5) is 0 Å². The highest BCUT2D eigenvalue weighted by Crippen LogP contribution is 2.28. The summed E-state index contributed by atoms with van der Waals surface area (Å²) in [5, 5.41) is 12.6. The molecule has 9 heteroatoms. The number of benzene rings is 2. The molecule has 0 spiro atoms. The second-order valence-corrected chi connectivity index (χ2v) is 9.44. The molecule has 2 aromatic carbocycles. The summed E-state index contributed by atoms with van der Waals surface area (Å²) < 4.78 is 1.99. The summed E-state index contributed by atoms with van der Waals surface area (Å²) in [7, 11) is 0. The van der Waals surface area contributed by atoms with Crippen molar-refractivity contribution < 1.29 is 9.59 Å². The molecule has 1 fully saturated rings. The van der Waals surface area contributed by atoms with Gasteiger partial charge in [-0.1, -0.05) is 60.3 Å². The molecule has 0 aliphatic carbocycles. The normalized spacial score (nSPS) is 13.9. The highest BCUT2D eigenvalue weighted by molar-refractivity contribution is 7.99. The van der Waals surface area contributed by atoms with Gasteiger partial charge in [-0.15, -0.1) is 10.2 Å². The number of hydrogen-bond acceptors (Lipinski definition) is 6. The number of piperidine rings is 1. The predicted molar refractivity (Wildman–Crippen MR) is 139 cm³/mol. The van der Waals surface area contributed by atoms with Gasteiger partial charge >= 0.3 is 0 Å². The number of para-hydroxylation sites is 1. The number of rotatable bonds is 7. The van der Waals surface area contributed by atoms with E-state index in [-0.39, 0.29) is 23.6 Å². The quantitative estimate of drug-likeness (QED) is 0.389. The molecule has 2 amide bonds. The van der Waals surface area contributed by atoms with Crippen molar-refractivity contribution in [3.63, 3.8) is 0 Å². The fourth-order valence-electron chi connectivity index (χ4n) is 4.20. The number of carbonyl (C=O) groups is 2. The lowest BCUT2D eigenvalue weighted by atomic mass is 10.0. The zero-order valence-electron chi connectivity index (χ0n) is 19.7. The third kappa shape index (κ3) is 5.46. The molecule has 2 aromatic heterocycles. The number of pyridine rings is 1. The van der Waals surface area contributed by atoms with Crippen LogP contribution < -0.4 is 5.32 Å². The molecular weight excluding hydrogens is 472 g/mol. The molecule has 0 saturated carbocycles. The van der Waals surface area contributed by atoms with E-state index in [9.17, 15) is 9.59 Å². The summed E-state index contributed by atoms with van der Waals surface area (Å²) in [6, 6.07) is 23.4. The average molecular weight is 499 g/mol. The van der Waals surface area contributed by atoms with E-state index in [4.69, 9.17) is 0 Å². The van der Waals surface area contributed by atoms with E-state index in [0.29, 0.717) is 23.8 Å². The maximum atomic E-state index is 13.0. The van der Waals surface area contributed by atoms with Gasteiger partial charge in [0.1, 0.15) is 0 Å². The fourth-order valence-corrected chi connectivity index (χ4v) is 5.06. The number of nitrogens with zero attached hydrogens (tertiary/aromatic N) is 5. The molecule has 182 valence electrons. The first-order valence-corrected chi connectivity index (χ1v) is 12.9. The molecule has 8 nitrogen and oxygen atoms in total. The van der Waals surface area contributed by atoms with E-state index in [1.54, 1.807) is 24.5 Å². The molecule has 5 rings (SSSR count). The van der Waals surface area contributed by atoms with E-state index >= 15 is 0 Å². The zero-order valence-corrected chi connectivity index (χ0v) is 20.5. The van der Waals surface area contributed by atoms with E-state index < -0.39 is 0 Å². The number of likely N-dealkylation sites (tertiary alicyclic amines) is 1. The molecule has 0 atom stereocenters. The number of hydrogen-bond donors (Lipinski definition) is 1. The van der Waals surface area contributed by atoms with Crippen LogP contribution in [-0.2, 0) is 4.79 Å². The third-order valence-electron chi connectivity index (χ3n) is 6.11. The van der Waals surface area contributed by atoms with Crippen LogP contribution >= 0.6 is 11.8 Å². The summed E-state index contributed by atoms with van der Waals surface area (Å²) in [6.07, 6.45) is 4.65. The monoisotopic (exact) mass is 498 g/mol. The van der Waals surface area contributed by atoms with Gasteiger partial charge in [-0.3, -0.25) is 19.1 Å². The average Bonchev–Trinajstić information content (AvgIpc) is 3.37. The van der Waals surface area contributed by atoms with Gasteiger partial charge in [0.15, 0.2) is 11.0 Å². The lowest BCUT2D eigenvalue weighted by Gasteiger charge is -2.32. The van der Waals surface area contributed by atoms with E-state index in [1.165, 1.54) is 11.8 Å². The standard InChI is InChI=1S/C27H26N6O2S/c34-24(32-16-13-22(14-17-32)29-26(35)21-10-7-15-28-18-21)19-36-27-31-30-25(20-8-3-1-4-9-20)33(27)23-11-5-2-6-12-23/h1-12,15,18,22H,13-14,16-17,19H2,(H,29,35). The number of amides is 2. The Morgan fingerprint density at radius 2 is 1.64 bits per heavy atom. The van der Waals surface area contributed by atoms with Crippen molar-refractivity contribution in [3.05, 3.63) is 90.8 Å². The maximum Gasteiger partial charge on any atom is 0.253 e. The van der Waals surface area contributed by atoms with Gasteiger partial charge in [-0.05, 0) is 37.1 Å². The number of carbonyl (C=O) groups excluding carboxylic acids is 2. The SMILES string of the molecule is O=C(NC1CCN(C(=O)CSc2nnc(-c3ccccc3)n2-c2ccccc2)CC1)c1cccnc1. The topological polar surface area (TPSA) is 93.0 Å². The Morgan fingerprint density at radius 1 is 0.917 bits per heavy atom. The van der Waals surface area contributed by atoms with Crippen molar-refractivity contribution in [3.8, 4) is 17.1 Å². The summed E-state index contributed by atoms with van der Waals surface area (Å²) in [4.78, 5) is 31.2. The summed E-state index contributed by atoms with van der Waals surface area (Å²) in [6.45, 7) is 1.22. The third-order valence-corrected chi connectivity index (χ3v) is 7.02. The second kappa shape index (κ2) is 11.2. The van der Waals surface area contributed by atoms with Crippen molar-refractivity contribution >= 4 is 23.6 Å². The summed E-state index contributed by atoms with van der Waals surface area (Å²) in [5.74, 6) is 0.938. The minimum atomic E-state index is -0.127. The van der Waals surface area contributed by atoms with Crippen LogP contribution in [0.25, 0.3) is 17.1 Å². The molecule has 1 aliphatic heterocycles. The first-order chi connectivity index (χ1) is 17.7. The Morgan fingerprint density at radius 3 is 2.33 bits per heavy atom. The molecule has 0 bridgehead atoms. The van der Waals surface area contributed by atoms with Gasteiger partial charge < -0.3 is 10.2 Å². The first-order valence-electron chi connectivity index (χ1n) is 11.9. The van der Waals surface area contributed by atoms with Crippen molar-refractivity contribution in [2.75, 3.05) is 18.8 Å². The Labute approximate surface area is 213 Å². The van der Waals surface area contributed by atoms with Crippen LogP contribution in [0.15, 0.2) is 90.3 Å². The maximum absolute atomic E-state index is 13.0. The van der Waals surface area contributed by atoms with Crippen molar-refractivity contribution in [1.82, 2.24) is 30.0 Å². The highest BCUT2D eigenvalue weighted by atomic mass is 32.2. The number of nitrogens with one attached hydrogen (secondary N) is 1. The molecule has 0 radical (unpaired) electrons. The van der Waals surface area contributed by atoms with Gasteiger partial charge in [0, 0.05) is 42.8 Å².